The van der Waals surface area contributed by atoms with Crippen LogP contribution in [0.4, 0.5) is 8.78 Å². The third kappa shape index (κ3) is 2.77. The molecule has 0 aliphatic rings. The highest BCUT2D eigenvalue weighted by Gasteiger charge is 2.13. The molecule has 0 saturated heterocycles. The zero-order valence-electron chi connectivity index (χ0n) is 11.1. The highest BCUT2D eigenvalue weighted by atomic mass is 19.2. The SMILES string of the molecule is Fc1cccc(-c2ccccc2Oc2ccccc2)c1F. The van der Waals surface area contributed by atoms with E-state index in [4.69, 9.17) is 4.74 Å². The minimum absolute atomic E-state index is 0.182. The smallest absolute Gasteiger partial charge is 0.166 e. The molecule has 3 aromatic rings. The van der Waals surface area contributed by atoms with Crippen LogP contribution < -0.4 is 4.74 Å². The molecular weight excluding hydrogens is 270 g/mol. The summed E-state index contributed by atoms with van der Waals surface area (Å²) in [5, 5.41) is 0. The highest BCUT2D eigenvalue weighted by molar-refractivity contribution is 5.71. The largest absolute Gasteiger partial charge is 0.457 e. The monoisotopic (exact) mass is 282 g/mol. The van der Waals surface area contributed by atoms with Gasteiger partial charge < -0.3 is 4.74 Å². The summed E-state index contributed by atoms with van der Waals surface area (Å²) in [5.41, 5.74) is 0.694. The summed E-state index contributed by atoms with van der Waals surface area (Å²) < 4.78 is 33.2. The zero-order chi connectivity index (χ0) is 14.7. The number of hydrogen-bond donors (Lipinski definition) is 0. The number of rotatable bonds is 3. The summed E-state index contributed by atoms with van der Waals surface area (Å²) in [7, 11) is 0. The second-order valence-corrected chi connectivity index (χ2v) is 4.51. The topological polar surface area (TPSA) is 9.23 Å². The van der Waals surface area contributed by atoms with Crippen LogP contribution in [-0.2, 0) is 0 Å². The predicted octanol–water partition coefficient (Wildman–Crippen LogP) is 5.42. The van der Waals surface area contributed by atoms with E-state index >= 15 is 0 Å². The molecule has 0 N–H and O–H groups in total. The molecule has 0 unspecified atom stereocenters. The summed E-state index contributed by atoms with van der Waals surface area (Å²) in [4.78, 5) is 0. The minimum Gasteiger partial charge on any atom is -0.457 e. The molecule has 3 aromatic carbocycles. The lowest BCUT2D eigenvalue weighted by atomic mass is 10.0. The van der Waals surface area contributed by atoms with Crippen molar-refractivity contribution in [2.45, 2.75) is 0 Å². The Balaban J connectivity index is 2.06. The van der Waals surface area contributed by atoms with E-state index in [9.17, 15) is 8.78 Å². The number of hydrogen-bond acceptors (Lipinski definition) is 1. The van der Waals surface area contributed by atoms with E-state index in [1.807, 2.05) is 18.2 Å². The maximum absolute atomic E-state index is 14.0. The molecule has 3 rings (SSSR count). The fourth-order valence-electron chi connectivity index (χ4n) is 2.11. The molecule has 3 heteroatoms. The van der Waals surface area contributed by atoms with Crippen LogP contribution in [0.1, 0.15) is 0 Å². The van der Waals surface area contributed by atoms with Crippen LogP contribution >= 0.6 is 0 Å². The van der Waals surface area contributed by atoms with Gasteiger partial charge in [-0.3, -0.25) is 0 Å². The van der Waals surface area contributed by atoms with Crippen LogP contribution in [0.3, 0.4) is 0 Å². The van der Waals surface area contributed by atoms with E-state index in [2.05, 4.69) is 0 Å². The first kappa shape index (κ1) is 13.3. The molecule has 0 radical (unpaired) electrons. The van der Waals surface area contributed by atoms with Crippen molar-refractivity contribution in [3.8, 4) is 22.6 Å². The van der Waals surface area contributed by atoms with Crippen molar-refractivity contribution in [2.24, 2.45) is 0 Å². The van der Waals surface area contributed by atoms with Gasteiger partial charge in [0.05, 0.1) is 0 Å². The number of benzene rings is 3. The zero-order valence-corrected chi connectivity index (χ0v) is 11.1. The number of ether oxygens (including phenoxy) is 1. The Hall–Kier alpha value is -2.68. The average molecular weight is 282 g/mol. The van der Waals surface area contributed by atoms with E-state index in [-0.39, 0.29) is 5.56 Å². The summed E-state index contributed by atoms with van der Waals surface area (Å²) >= 11 is 0. The molecule has 1 nitrogen and oxygen atoms in total. The minimum atomic E-state index is -0.874. The Bertz CT molecular complexity index is 754. The molecule has 0 fully saturated rings. The van der Waals surface area contributed by atoms with Crippen LogP contribution in [0.25, 0.3) is 11.1 Å². The Morgan fingerprint density at radius 1 is 0.619 bits per heavy atom. The number of halogens is 2. The first-order chi connectivity index (χ1) is 10.3. The predicted molar refractivity (Wildman–Crippen MR) is 78.3 cm³/mol. The average Bonchev–Trinajstić information content (AvgIpc) is 2.52. The molecular formula is C18H12F2O. The Labute approximate surface area is 121 Å². The van der Waals surface area contributed by atoms with Gasteiger partial charge in [0.2, 0.25) is 0 Å². The third-order valence-corrected chi connectivity index (χ3v) is 3.10. The molecule has 0 saturated carbocycles. The first-order valence-electron chi connectivity index (χ1n) is 6.52. The maximum Gasteiger partial charge on any atom is 0.166 e. The summed E-state index contributed by atoms with van der Waals surface area (Å²) in [6.45, 7) is 0. The summed E-state index contributed by atoms with van der Waals surface area (Å²) in [6.07, 6.45) is 0. The molecule has 0 spiro atoms. The van der Waals surface area contributed by atoms with Crippen LogP contribution in [0, 0.1) is 11.6 Å². The second kappa shape index (κ2) is 5.75. The van der Waals surface area contributed by atoms with Gasteiger partial charge in [-0.15, -0.1) is 0 Å². The van der Waals surface area contributed by atoms with E-state index in [0.29, 0.717) is 17.1 Å². The normalized spacial score (nSPS) is 10.4. The second-order valence-electron chi connectivity index (χ2n) is 4.51. The van der Waals surface area contributed by atoms with Crippen LogP contribution in [0.15, 0.2) is 72.8 Å². The fraction of sp³-hybridized carbons (Fsp3) is 0. The summed E-state index contributed by atoms with van der Waals surface area (Å²) in [6, 6.07) is 20.3. The van der Waals surface area contributed by atoms with Crippen molar-refractivity contribution < 1.29 is 13.5 Å². The van der Waals surface area contributed by atoms with Crippen LogP contribution in [0.2, 0.25) is 0 Å². The molecule has 0 heterocycles. The van der Waals surface area contributed by atoms with Crippen LogP contribution in [-0.4, -0.2) is 0 Å². The van der Waals surface area contributed by atoms with Crippen molar-refractivity contribution in [1.29, 1.82) is 0 Å². The Kier molecular flexibility index (Phi) is 3.65. The van der Waals surface area contributed by atoms with Gasteiger partial charge >= 0.3 is 0 Å². The molecule has 104 valence electrons. The van der Waals surface area contributed by atoms with Gasteiger partial charge in [-0.2, -0.15) is 0 Å². The maximum atomic E-state index is 14.0. The van der Waals surface area contributed by atoms with Gasteiger partial charge in [0.1, 0.15) is 11.5 Å². The quantitative estimate of drug-likeness (QED) is 0.623. The van der Waals surface area contributed by atoms with E-state index in [0.717, 1.165) is 6.07 Å². The molecule has 0 amide bonds. The highest BCUT2D eigenvalue weighted by Crippen LogP contribution is 2.34. The molecule has 0 aliphatic heterocycles. The van der Waals surface area contributed by atoms with Crippen LogP contribution in [0.5, 0.6) is 11.5 Å². The molecule has 0 atom stereocenters. The van der Waals surface area contributed by atoms with Gasteiger partial charge in [0.25, 0.3) is 0 Å². The lowest BCUT2D eigenvalue weighted by molar-refractivity contribution is 0.482. The van der Waals surface area contributed by atoms with E-state index in [1.165, 1.54) is 12.1 Å². The van der Waals surface area contributed by atoms with Crippen molar-refractivity contribution in [3.05, 3.63) is 84.4 Å². The summed E-state index contributed by atoms with van der Waals surface area (Å²) in [5.74, 6) is -0.626. The van der Waals surface area contributed by atoms with Gasteiger partial charge in [-0.1, -0.05) is 48.5 Å². The van der Waals surface area contributed by atoms with Crippen molar-refractivity contribution >= 4 is 0 Å². The van der Waals surface area contributed by atoms with E-state index in [1.54, 1.807) is 36.4 Å². The Morgan fingerprint density at radius 3 is 2.10 bits per heavy atom. The van der Waals surface area contributed by atoms with Gasteiger partial charge in [-0.25, -0.2) is 8.78 Å². The standard InChI is InChI=1S/C18H12F2O/c19-16-11-6-10-15(18(16)20)14-9-4-5-12-17(14)21-13-7-2-1-3-8-13/h1-12H. The molecule has 21 heavy (non-hydrogen) atoms. The fourth-order valence-corrected chi connectivity index (χ4v) is 2.11. The van der Waals surface area contributed by atoms with E-state index < -0.39 is 11.6 Å². The van der Waals surface area contributed by atoms with Gasteiger partial charge in [-0.05, 0) is 24.3 Å². The molecule has 0 aliphatic carbocycles. The molecule has 0 aromatic heterocycles. The van der Waals surface area contributed by atoms with Gasteiger partial charge in [0.15, 0.2) is 11.6 Å². The van der Waals surface area contributed by atoms with Crippen molar-refractivity contribution in [3.63, 3.8) is 0 Å². The lowest BCUT2D eigenvalue weighted by Crippen LogP contribution is -1.92. The lowest BCUT2D eigenvalue weighted by Gasteiger charge is -2.12. The van der Waals surface area contributed by atoms with Gasteiger partial charge in [0, 0.05) is 11.1 Å². The third-order valence-electron chi connectivity index (χ3n) is 3.10. The molecule has 0 bridgehead atoms. The van der Waals surface area contributed by atoms with Crippen molar-refractivity contribution in [1.82, 2.24) is 0 Å². The van der Waals surface area contributed by atoms with Crippen molar-refractivity contribution in [2.75, 3.05) is 0 Å². The number of para-hydroxylation sites is 2. The Morgan fingerprint density at radius 2 is 1.29 bits per heavy atom. The first-order valence-corrected chi connectivity index (χ1v) is 6.52.